The lowest BCUT2D eigenvalue weighted by Gasteiger charge is -2.34. The van der Waals surface area contributed by atoms with Crippen molar-refractivity contribution in [3.63, 3.8) is 0 Å². The van der Waals surface area contributed by atoms with Gasteiger partial charge in [0.25, 0.3) is 5.91 Å². The van der Waals surface area contributed by atoms with Crippen molar-refractivity contribution in [1.29, 1.82) is 0 Å². The van der Waals surface area contributed by atoms with E-state index in [1.807, 2.05) is 12.1 Å². The molecule has 0 radical (unpaired) electrons. The van der Waals surface area contributed by atoms with Crippen LogP contribution in [-0.2, 0) is 4.79 Å². The number of amides is 2. The summed E-state index contributed by atoms with van der Waals surface area (Å²) < 4.78 is 58.6. The molecule has 0 bridgehead atoms. The number of benzene rings is 1. The van der Waals surface area contributed by atoms with Crippen LogP contribution in [0.3, 0.4) is 0 Å². The van der Waals surface area contributed by atoms with Crippen molar-refractivity contribution < 1.29 is 31.8 Å². The summed E-state index contributed by atoms with van der Waals surface area (Å²) in [5, 5.41) is 13.0. The zero-order chi connectivity index (χ0) is 28.8. The van der Waals surface area contributed by atoms with Crippen LogP contribution in [-0.4, -0.2) is 44.4 Å². The molecule has 2 aliphatic rings. The molecule has 2 heterocycles. The number of aryl methyl sites for hydroxylation is 1. The highest BCUT2D eigenvalue weighted by atomic mass is 19.3. The molecule has 2 amide bonds. The second kappa shape index (κ2) is 10.5. The molecule has 216 valence electrons. The number of aromatic nitrogens is 4. The first-order chi connectivity index (χ1) is 18.8. The highest BCUT2D eigenvalue weighted by Gasteiger charge is 2.46. The second-order valence-electron chi connectivity index (χ2n) is 11.8. The summed E-state index contributed by atoms with van der Waals surface area (Å²) in [6, 6.07) is 4.27. The van der Waals surface area contributed by atoms with Gasteiger partial charge in [0, 0.05) is 24.7 Å². The highest BCUT2D eigenvalue weighted by Crippen LogP contribution is 2.45. The van der Waals surface area contributed by atoms with Crippen molar-refractivity contribution in [2.24, 2.45) is 17.3 Å². The molecule has 40 heavy (non-hydrogen) atoms. The van der Waals surface area contributed by atoms with Gasteiger partial charge in [-0.25, -0.2) is 27.2 Å². The predicted molar refractivity (Wildman–Crippen MR) is 136 cm³/mol. The normalized spacial score (nSPS) is 18.9. The molecule has 2 aromatic heterocycles. The number of rotatable bonds is 11. The Morgan fingerprint density at radius 3 is 2.50 bits per heavy atom. The van der Waals surface area contributed by atoms with Gasteiger partial charge in [0.1, 0.15) is 11.5 Å². The van der Waals surface area contributed by atoms with E-state index in [9.17, 15) is 27.2 Å². The molecule has 0 aliphatic heterocycles. The number of carbonyl (C=O) groups excluding carboxylic acids is 2. The molecule has 1 aromatic carbocycles. The van der Waals surface area contributed by atoms with Crippen LogP contribution < -0.4 is 10.6 Å². The topological polar surface area (TPSA) is 126 Å². The molecular weight excluding hydrogens is 532 g/mol. The number of halogens is 4. The number of fused-ring (bicyclic) bond motifs is 1. The molecule has 13 heteroatoms. The predicted octanol–water partition coefficient (Wildman–Crippen LogP) is 5.41. The van der Waals surface area contributed by atoms with E-state index in [0.29, 0.717) is 16.9 Å². The molecule has 2 fully saturated rings. The molecule has 0 spiro atoms. The van der Waals surface area contributed by atoms with Crippen LogP contribution in [0.4, 0.5) is 17.6 Å². The molecule has 2 atom stereocenters. The van der Waals surface area contributed by atoms with Gasteiger partial charge in [-0.1, -0.05) is 25.1 Å². The Labute approximate surface area is 227 Å². The first-order valence-corrected chi connectivity index (χ1v) is 13.4. The van der Waals surface area contributed by atoms with Crippen molar-refractivity contribution in [2.45, 2.75) is 83.7 Å². The van der Waals surface area contributed by atoms with Crippen molar-refractivity contribution in [2.75, 3.05) is 0 Å². The van der Waals surface area contributed by atoms with E-state index < -0.39 is 29.7 Å². The second-order valence-corrected chi connectivity index (χ2v) is 11.8. The van der Waals surface area contributed by atoms with Gasteiger partial charge < -0.3 is 15.6 Å². The average molecular weight is 565 g/mol. The minimum absolute atomic E-state index is 0.0492. The van der Waals surface area contributed by atoms with E-state index in [2.05, 4.69) is 35.5 Å². The average Bonchev–Trinajstić information content (AvgIpc) is 3.45. The SMILES string of the molecule is Cc1nonc1C(=O)N[C@@H](CC(C)(C)C(F)F)c1nc2ccc([C@H](NC(=O)CC3CC(F)(F)C3)C3CC3)cc2[nH]1. The van der Waals surface area contributed by atoms with Crippen LogP contribution in [0.2, 0.25) is 0 Å². The smallest absolute Gasteiger partial charge is 0.276 e. The number of H-pyrrole nitrogens is 1. The molecular formula is C27H32F4N6O3. The van der Waals surface area contributed by atoms with Crippen molar-refractivity contribution in [1.82, 2.24) is 30.9 Å². The number of hydrogen-bond acceptors (Lipinski definition) is 6. The summed E-state index contributed by atoms with van der Waals surface area (Å²) in [6.07, 6.45) is -1.34. The third kappa shape index (κ3) is 6.12. The summed E-state index contributed by atoms with van der Waals surface area (Å²) in [5.74, 6) is -3.33. The minimum atomic E-state index is -2.67. The largest absolute Gasteiger partial charge is 0.349 e. The maximum absolute atomic E-state index is 13.8. The zero-order valence-electron chi connectivity index (χ0n) is 22.4. The van der Waals surface area contributed by atoms with Gasteiger partial charge >= 0.3 is 0 Å². The quantitative estimate of drug-likeness (QED) is 0.268. The number of carbonyl (C=O) groups is 2. The highest BCUT2D eigenvalue weighted by molar-refractivity contribution is 5.93. The molecule has 3 aromatic rings. The van der Waals surface area contributed by atoms with Crippen LogP contribution in [0, 0.1) is 24.2 Å². The van der Waals surface area contributed by atoms with Gasteiger partial charge in [-0.3, -0.25) is 9.59 Å². The van der Waals surface area contributed by atoms with Crippen LogP contribution in [0.25, 0.3) is 11.0 Å². The fourth-order valence-electron chi connectivity index (χ4n) is 5.23. The fraction of sp³-hybridized carbons (Fsp3) is 0.593. The minimum Gasteiger partial charge on any atom is -0.349 e. The Kier molecular flexibility index (Phi) is 7.34. The number of aromatic amines is 1. The first-order valence-electron chi connectivity index (χ1n) is 13.4. The molecule has 0 saturated heterocycles. The first kappa shape index (κ1) is 28.0. The molecule has 2 aliphatic carbocycles. The Bertz CT molecular complexity index is 1390. The molecule has 5 rings (SSSR count). The number of alkyl halides is 4. The fourth-order valence-corrected chi connectivity index (χ4v) is 5.23. The van der Waals surface area contributed by atoms with Crippen molar-refractivity contribution in [3.05, 3.63) is 41.0 Å². The Balaban J connectivity index is 1.37. The Morgan fingerprint density at radius 2 is 1.90 bits per heavy atom. The lowest BCUT2D eigenvalue weighted by Crippen LogP contribution is -2.39. The summed E-state index contributed by atoms with van der Waals surface area (Å²) in [7, 11) is 0. The lowest BCUT2D eigenvalue weighted by atomic mass is 9.79. The van der Waals surface area contributed by atoms with E-state index in [4.69, 9.17) is 0 Å². The summed E-state index contributed by atoms with van der Waals surface area (Å²) >= 11 is 0. The molecule has 9 nitrogen and oxygen atoms in total. The Morgan fingerprint density at radius 1 is 1.18 bits per heavy atom. The van der Waals surface area contributed by atoms with Crippen molar-refractivity contribution >= 4 is 22.8 Å². The summed E-state index contributed by atoms with van der Waals surface area (Å²) in [4.78, 5) is 33.2. The third-order valence-corrected chi connectivity index (χ3v) is 7.77. The van der Waals surface area contributed by atoms with Crippen LogP contribution in [0.1, 0.15) is 92.0 Å². The van der Waals surface area contributed by atoms with Crippen molar-refractivity contribution in [3.8, 4) is 0 Å². The standard InChI is InChI=1S/C27H32F4N6O3/c1-13-21(37-40-36-13)24(39)34-19(12-26(2,3)25(28)29)23-32-17-7-6-16(9-18(17)33-23)22(15-4-5-15)35-20(38)8-14-10-27(30,31)11-14/h6-7,9,14-15,19,22,25H,4-5,8,10-12H2,1-3H3,(H,32,33)(H,34,39)(H,35,38)/t19-,22+/m0/s1. The monoisotopic (exact) mass is 564 g/mol. The van der Waals surface area contributed by atoms with Gasteiger partial charge in [-0.15, -0.1) is 0 Å². The number of nitrogens with zero attached hydrogens (tertiary/aromatic N) is 3. The van der Waals surface area contributed by atoms with E-state index in [1.54, 1.807) is 13.0 Å². The summed E-state index contributed by atoms with van der Waals surface area (Å²) in [5.41, 5.74) is 0.773. The summed E-state index contributed by atoms with van der Waals surface area (Å²) in [6.45, 7) is 4.37. The van der Waals surface area contributed by atoms with E-state index in [0.717, 1.165) is 18.4 Å². The van der Waals surface area contributed by atoms with Gasteiger partial charge in [-0.2, -0.15) is 0 Å². The van der Waals surface area contributed by atoms with E-state index >= 15 is 0 Å². The van der Waals surface area contributed by atoms with Gasteiger partial charge in [0.2, 0.25) is 18.3 Å². The molecule has 0 unspecified atom stereocenters. The maximum atomic E-state index is 13.8. The number of hydrogen-bond donors (Lipinski definition) is 3. The zero-order valence-corrected chi connectivity index (χ0v) is 22.4. The number of nitrogens with one attached hydrogen (secondary N) is 3. The third-order valence-electron chi connectivity index (χ3n) is 7.77. The van der Waals surface area contributed by atoms with Gasteiger partial charge in [-0.05, 0) is 60.9 Å². The van der Waals surface area contributed by atoms with Gasteiger partial charge in [0.15, 0.2) is 5.69 Å². The maximum Gasteiger partial charge on any atom is 0.276 e. The lowest BCUT2D eigenvalue weighted by molar-refractivity contribution is -0.134. The van der Waals surface area contributed by atoms with E-state index in [-0.39, 0.29) is 60.9 Å². The molecule has 3 N–H and O–H groups in total. The van der Waals surface area contributed by atoms with E-state index in [1.165, 1.54) is 13.8 Å². The molecule has 2 saturated carbocycles. The van der Waals surface area contributed by atoms with Crippen LogP contribution in [0.15, 0.2) is 22.8 Å². The Hall–Kier alpha value is -3.51. The van der Waals surface area contributed by atoms with Crippen LogP contribution in [0.5, 0.6) is 0 Å². The van der Waals surface area contributed by atoms with Gasteiger partial charge in [0.05, 0.1) is 23.1 Å². The number of imidazole rings is 1. The van der Waals surface area contributed by atoms with Crippen LogP contribution >= 0.6 is 0 Å².